The van der Waals surface area contributed by atoms with Crippen LogP contribution in [-0.4, -0.2) is 65.9 Å². The molecule has 1 aromatic heterocycles. The molecule has 2 fully saturated rings. The van der Waals surface area contributed by atoms with E-state index in [1.165, 1.54) is 12.8 Å². The van der Waals surface area contributed by atoms with Crippen molar-refractivity contribution in [2.75, 3.05) is 39.9 Å². The van der Waals surface area contributed by atoms with Gasteiger partial charge in [-0.15, -0.1) is 0 Å². The van der Waals surface area contributed by atoms with Gasteiger partial charge in [-0.3, -0.25) is 9.80 Å². The lowest BCUT2D eigenvalue weighted by molar-refractivity contribution is 0.0349. The Morgan fingerprint density at radius 2 is 2.19 bits per heavy atom. The summed E-state index contributed by atoms with van der Waals surface area (Å²) >= 11 is 0. The maximum absolute atomic E-state index is 5.47. The lowest BCUT2D eigenvalue weighted by Crippen LogP contribution is -2.53. The van der Waals surface area contributed by atoms with Gasteiger partial charge in [-0.05, 0) is 26.7 Å². The second-order valence-electron chi connectivity index (χ2n) is 6.31. The molecule has 0 amide bonds. The number of aromatic nitrogens is 2. The van der Waals surface area contributed by atoms with E-state index in [4.69, 9.17) is 9.26 Å². The molecule has 1 saturated carbocycles. The summed E-state index contributed by atoms with van der Waals surface area (Å²) in [6, 6.07) is 0.735. The maximum atomic E-state index is 5.47. The van der Waals surface area contributed by atoms with Crippen LogP contribution in [0.25, 0.3) is 0 Å². The largest absolute Gasteiger partial charge is 0.383 e. The number of rotatable bonds is 6. The van der Waals surface area contributed by atoms with Crippen molar-refractivity contribution in [1.82, 2.24) is 19.9 Å². The molecule has 0 radical (unpaired) electrons. The average Bonchev–Trinajstić information content (AvgIpc) is 3.23. The van der Waals surface area contributed by atoms with Gasteiger partial charge in [-0.1, -0.05) is 5.16 Å². The molecule has 1 aliphatic heterocycles. The fraction of sp³-hybridized carbons (Fsp3) is 0.867. The lowest BCUT2D eigenvalue weighted by atomic mass is 10.1. The van der Waals surface area contributed by atoms with Gasteiger partial charge < -0.3 is 9.26 Å². The van der Waals surface area contributed by atoms with Gasteiger partial charge in [0, 0.05) is 45.2 Å². The molecule has 0 unspecified atom stereocenters. The fourth-order valence-electron chi connectivity index (χ4n) is 3.00. The first-order valence-corrected chi connectivity index (χ1v) is 7.99. The Morgan fingerprint density at radius 1 is 1.38 bits per heavy atom. The Kier molecular flexibility index (Phi) is 4.57. The van der Waals surface area contributed by atoms with Gasteiger partial charge in [-0.2, -0.15) is 4.98 Å². The zero-order valence-corrected chi connectivity index (χ0v) is 13.3. The summed E-state index contributed by atoms with van der Waals surface area (Å²) in [4.78, 5) is 9.51. The number of hydrogen-bond donors (Lipinski definition) is 0. The Bertz CT molecular complexity index is 460. The van der Waals surface area contributed by atoms with E-state index >= 15 is 0 Å². The van der Waals surface area contributed by atoms with Crippen molar-refractivity contribution in [3.05, 3.63) is 11.7 Å². The first kappa shape index (κ1) is 14.9. The molecule has 1 saturated heterocycles. The fourth-order valence-corrected chi connectivity index (χ4v) is 3.00. The number of nitrogens with zero attached hydrogens (tertiary/aromatic N) is 4. The highest BCUT2D eigenvalue weighted by molar-refractivity contribution is 5.05. The topological polar surface area (TPSA) is 54.6 Å². The van der Waals surface area contributed by atoms with Gasteiger partial charge in [-0.25, -0.2) is 0 Å². The molecule has 2 heterocycles. The van der Waals surface area contributed by atoms with Crippen molar-refractivity contribution in [3.8, 4) is 0 Å². The molecule has 2 aliphatic rings. The lowest BCUT2D eigenvalue weighted by Gasteiger charge is -2.41. The Balaban J connectivity index is 1.56. The molecule has 0 bridgehead atoms. The third-order valence-electron chi connectivity index (χ3n) is 4.68. The van der Waals surface area contributed by atoms with Crippen LogP contribution in [0.15, 0.2) is 4.52 Å². The third-order valence-corrected chi connectivity index (χ3v) is 4.68. The predicted octanol–water partition coefficient (Wildman–Crippen LogP) is 1.66. The highest BCUT2D eigenvalue weighted by atomic mass is 16.5. The first-order valence-electron chi connectivity index (χ1n) is 7.99. The molecule has 3 rings (SSSR count). The minimum Gasteiger partial charge on any atom is -0.383 e. The molecule has 0 N–H and O–H groups in total. The van der Waals surface area contributed by atoms with Crippen LogP contribution in [0.2, 0.25) is 0 Å². The SMILES string of the molecule is COCCN1CCN([C@H](C)c2nc(C3CC3)no2)C[C@@H]1C. The number of methoxy groups -OCH3 is 1. The smallest absolute Gasteiger partial charge is 0.243 e. The predicted molar refractivity (Wildman–Crippen MR) is 79.2 cm³/mol. The zero-order chi connectivity index (χ0) is 14.8. The maximum Gasteiger partial charge on any atom is 0.243 e. The first-order chi connectivity index (χ1) is 10.2. The van der Waals surface area contributed by atoms with Gasteiger partial charge in [0.2, 0.25) is 5.89 Å². The van der Waals surface area contributed by atoms with Crippen LogP contribution < -0.4 is 0 Å². The molecule has 2 atom stereocenters. The van der Waals surface area contributed by atoms with E-state index in [9.17, 15) is 0 Å². The minimum atomic E-state index is 0.206. The molecular weight excluding hydrogens is 268 g/mol. The standard InChI is InChI=1S/C15H26N4O2/c1-11-10-19(7-6-18(11)8-9-20-3)12(2)15-16-14(17-21-15)13-4-5-13/h11-13H,4-10H2,1-3H3/t11-,12+/m0/s1. The van der Waals surface area contributed by atoms with E-state index in [1.54, 1.807) is 7.11 Å². The van der Waals surface area contributed by atoms with Crippen LogP contribution in [0.4, 0.5) is 0 Å². The molecule has 118 valence electrons. The van der Waals surface area contributed by atoms with Crippen LogP contribution >= 0.6 is 0 Å². The Hall–Kier alpha value is -0.980. The van der Waals surface area contributed by atoms with E-state index in [0.29, 0.717) is 12.0 Å². The summed E-state index contributed by atoms with van der Waals surface area (Å²) in [6.07, 6.45) is 2.42. The van der Waals surface area contributed by atoms with Gasteiger partial charge in [0.1, 0.15) is 0 Å². The highest BCUT2D eigenvalue weighted by Gasteiger charge is 2.32. The van der Waals surface area contributed by atoms with Crippen LogP contribution in [0, 0.1) is 0 Å². The quantitative estimate of drug-likeness (QED) is 0.795. The molecule has 6 nitrogen and oxygen atoms in total. The zero-order valence-electron chi connectivity index (χ0n) is 13.3. The van der Waals surface area contributed by atoms with Gasteiger partial charge in [0.15, 0.2) is 5.82 Å². The van der Waals surface area contributed by atoms with Crippen molar-refractivity contribution in [1.29, 1.82) is 0 Å². The average molecular weight is 294 g/mol. The molecule has 6 heteroatoms. The van der Waals surface area contributed by atoms with Crippen LogP contribution in [-0.2, 0) is 4.74 Å². The monoisotopic (exact) mass is 294 g/mol. The van der Waals surface area contributed by atoms with E-state index < -0.39 is 0 Å². The minimum absolute atomic E-state index is 0.206. The van der Waals surface area contributed by atoms with Crippen molar-refractivity contribution >= 4 is 0 Å². The van der Waals surface area contributed by atoms with Crippen LogP contribution in [0.1, 0.15) is 50.4 Å². The Labute approximate surface area is 126 Å². The molecule has 1 aliphatic carbocycles. The second kappa shape index (κ2) is 6.42. The van der Waals surface area contributed by atoms with Crippen molar-refractivity contribution in [2.24, 2.45) is 0 Å². The van der Waals surface area contributed by atoms with E-state index in [0.717, 1.165) is 44.5 Å². The van der Waals surface area contributed by atoms with E-state index in [-0.39, 0.29) is 6.04 Å². The summed E-state index contributed by atoms with van der Waals surface area (Å²) in [7, 11) is 1.76. The number of ether oxygens (including phenoxy) is 1. The molecule has 1 aromatic rings. The third kappa shape index (κ3) is 3.44. The summed E-state index contributed by atoms with van der Waals surface area (Å²) in [5, 5.41) is 4.13. The normalized spacial score (nSPS) is 26.1. The molecular formula is C15H26N4O2. The van der Waals surface area contributed by atoms with Crippen LogP contribution in [0.3, 0.4) is 0 Å². The number of hydrogen-bond acceptors (Lipinski definition) is 6. The summed E-state index contributed by atoms with van der Waals surface area (Å²) in [6.45, 7) is 9.39. The van der Waals surface area contributed by atoms with Gasteiger partial charge in [0.25, 0.3) is 0 Å². The van der Waals surface area contributed by atoms with Crippen LogP contribution in [0.5, 0.6) is 0 Å². The van der Waals surface area contributed by atoms with E-state index in [2.05, 4.69) is 33.8 Å². The molecule has 21 heavy (non-hydrogen) atoms. The second-order valence-corrected chi connectivity index (χ2v) is 6.31. The summed E-state index contributed by atoms with van der Waals surface area (Å²) in [5.41, 5.74) is 0. The van der Waals surface area contributed by atoms with Crippen molar-refractivity contribution in [3.63, 3.8) is 0 Å². The highest BCUT2D eigenvalue weighted by Crippen LogP contribution is 2.38. The summed E-state index contributed by atoms with van der Waals surface area (Å²) in [5.74, 6) is 2.23. The molecule has 0 aromatic carbocycles. The van der Waals surface area contributed by atoms with Crippen molar-refractivity contribution < 1.29 is 9.26 Å². The molecule has 0 spiro atoms. The van der Waals surface area contributed by atoms with E-state index in [1.807, 2.05) is 0 Å². The number of piperazine rings is 1. The van der Waals surface area contributed by atoms with Gasteiger partial charge in [0.05, 0.1) is 12.6 Å². The van der Waals surface area contributed by atoms with Gasteiger partial charge >= 0.3 is 0 Å². The summed E-state index contributed by atoms with van der Waals surface area (Å²) < 4.78 is 10.7. The Morgan fingerprint density at radius 3 is 2.86 bits per heavy atom. The van der Waals surface area contributed by atoms with Crippen molar-refractivity contribution in [2.45, 2.75) is 44.7 Å².